The van der Waals surface area contributed by atoms with Gasteiger partial charge in [0.25, 0.3) is 5.91 Å². The van der Waals surface area contributed by atoms with Gasteiger partial charge in [-0.25, -0.2) is 4.98 Å². The summed E-state index contributed by atoms with van der Waals surface area (Å²) in [7, 11) is 0. The van der Waals surface area contributed by atoms with E-state index in [1.54, 1.807) is 18.3 Å². The van der Waals surface area contributed by atoms with Crippen LogP contribution in [0.15, 0.2) is 42.6 Å². The number of carbonyl (C=O) groups excluding carboxylic acids is 2. The molecule has 0 radical (unpaired) electrons. The molecule has 4 saturated carbocycles. The van der Waals surface area contributed by atoms with Crippen LogP contribution in [0.3, 0.4) is 0 Å². The Morgan fingerprint density at radius 2 is 1.61 bits per heavy atom. The molecule has 4 aliphatic carbocycles. The van der Waals surface area contributed by atoms with E-state index in [1.807, 2.05) is 29.2 Å². The van der Waals surface area contributed by atoms with Gasteiger partial charge in [0.1, 0.15) is 11.9 Å². The molecule has 1 N–H and O–H groups in total. The lowest BCUT2D eigenvalue weighted by Gasteiger charge is -2.55. The number of pyridine rings is 1. The summed E-state index contributed by atoms with van der Waals surface area (Å²) < 4.78 is 0. The van der Waals surface area contributed by atoms with Crippen LogP contribution in [0.2, 0.25) is 0 Å². The quantitative estimate of drug-likeness (QED) is 0.700. The Bertz CT molecular complexity index is 1160. The van der Waals surface area contributed by atoms with E-state index in [-0.39, 0.29) is 17.2 Å². The Morgan fingerprint density at radius 1 is 0.972 bits per heavy atom. The molecule has 0 unspecified atom stereocenters. The second-order valence-corrected chi connectivity index (χ2v) is 11.3. The number of nitrogens with one attached hydrogen (secondary N) is 1. The Labute approximate surface area is 212 Å². The summed E-state index contributed by atoms with van der Waals surface area (Å²) in [5.41, 5.74) is 2.11. The number of nitriles is 1. The highest BCUT2D eigenvalue weighted by Gasteiger charge is 2.54. The minimum Gasteiger partial charge on any atom is -0.352 e. The van der Waals surface area contributed by atoms with Gasteiger partial charge in [-0.15, -0.1) is 0 Å². The maximum atomic E-state index is 13.2. The molecule has 0 spiro atoms. The fraction of sp³-hybridized carbons (Fsp3) is 0.517. The van der Waals surface area contributed by atoms with Gasteiger partial charge in [-0.3, -0.25) is 9.59 Å². The van der Waals surface area contributed by atoms with E-state index >= 15 is 0 Å². The SMILES string of the molecule is N#Cc1cccnc1N1CCN(C(=O)c2ccc(CNC(=O)C34CC5CC(CC(C5)C3)C4)cc2)CC1. The molecular formula is C29H33N5O2. The molecule has 7 nitrogen and oxygen atoms in total. The molecule has 2 amide bonds. The van der Waals surface area contributed by atoms with Crippen LogP contribution >= 0.6 is 0 Å². The molecule has 1 aromatic heterocycles. The first-order chi connectivity index (χ1) is 17.5. The van der Waals surface area contributed by atoms with Gasteiger partial charge in [-0.2, -0.15) is 5.26 Å². The highest BCUT2D eigenvalue weighted by molar-refractivity contribution is 5.94. The lowest BCUT2D eigenvalue weighted by atomic mass is 9.49. The maximum Gasteiger partial charge on any atom is 0.253 e. The number of carbonyl (C=O) groups is 2. The number of piperazine rings is 1. The molecule has 2 aromatic rings. The fourth-order valence-electron chi connectivity index (χ4n) is 7.56. The van der Waals surface area contributed by atoms with E-state index in [1.165, 1.54) is 19.3 Å². The Morgan fingerprint density at radius 3 is 2.22 bits per heavy atom. The number of amides is 2. The average molecular weight is 484 g/mol. The lowest BCUT2D eigenvalue weighted by Crippen LogP contribution is -2.53. The third kappa shape index (κ3) is 4.23. The molecular weight excluding hydrogens is 450 g/mol. The number of aromatic nitrogens is 1. The summed E-state index contributed by atoms with van der Waals surface area (Å²) in [4.78, 5) is 34.6. The molecule has 4 bridgehead atoms. The standard InChI is InChI=1S/C29H33N5O2/c30-18-25-2-1-7-31-26(25)33-8-10-34(11-9-33)27(35)24-5-3-20(4-6-24)19-32-28(36)29-15-21-12-22(16-29)14-23(13-21)17-29/h1-7,21-23H,8-17,19H2,(H,32,36). The second-order valence-electron chi connectivity index (χ2n) is 11.3. The van der Waals surface area contributed by atoms with Crippen molar-refractivity contribution in [1.29, 1.82) is 5.26 Å². The largest absolute Gasteiger partial charge is 0.352 e. The zero-order valence-electron chi connectivity index (χ0n) is 20.7. The summed E-state index contributed by atoms with van der Waals surface area (Å²) in [5.74, 6) is 3.21. The van der Waals surface area contributed by atoms with E-state index in [0.717, 1.165) is 42.6 Å². The molecule has 1 saturated heterocycles. The Kier molecular flexibility index (Phi) is 5.91. The van der Waals surface area contributed by atoms with E-state index in [9.17, 15) is 14.9 Å². The zero-order chi connectivity index (χ0) is 24.7. The van der Waals surface area contributed by atoms with Crippen LogP contribution in [-0.2, 0) is 11.3 Å². The molecule has 5 aliphatic rings. The van der Waals surface area contributed by atoms with Crippen molar-refractivity contribution in [2.24, 2.45) is 23.2 Å². The molecule has 5 fully saturated rings. The minimum absolute atomic E-state index is 0.0142. The number of benzene rings is 1. The van der Waals surface area contributed by atoms with Crippen LogP contribution < -0.4 is 10.2 Å². The molecule has 7 rings (SSSR count). The first-order valence-corrected chi connectivity index (χ1v) is 13.3. The average Bonchev–Trinajstić information content (AvgIpc) is 2.91. The number of hydrogen-bond donors (Lipinski definition) is 1. The third-order valence-corrected chi connectivity index (χ3v) is 8.95. The van der Waals surface area contributed by atoms with Crippen LogP contribution in [0.4, 0.5) is 5.82 Å². The summed E-state index contributed by atoms with van der Waals surface area (Å²) in [6.07, 6.45) is 8.92. The van der Waals surface area contributed by atoms with Gasteiger partial charge in [0.15, 0.2) is 0 Å². The number of rotatable bonds is 5. The third-order valence-electron chi connectivity index (χ3n) is 8.95. The van der Waals surface area contributed by atoms with E-state index in [2.05, 4.69) is 21.3 Å². The second kappa shape index (κ2) is 9.24. The number of anilines is 1. The maximum absolute atomic E-state index is 13.2. The van der Waals surface area contributed by atoms with Gasteiger partial charge >= 0.3 is 0 Å². The van der Waals surface area contributed by atoms with Crippen LogP contribution in [0.1, 0.15) is 60.0 Å². The van der Waals surface area contributed by atoms with Gasteiger partial charge in [0, 0.05) is 49.9 Å². The highest BCUT2D eigenvalue weighted by Crippen LogP contribution is 2.60. The molecule has 186 valence electrons. The predicted molar refractivity (Wildman–Crippen MR) is 136 cm³/mol. The lowest BCUT2D eigenvalue weighted by molar-refractivity contribution is -0.146. The smallest absolute Gasteiger partial charge is 0.253 e. The first kappa shape index (κ1) is 23.0. The highest BCUT2D eigenvalue weighted by atomic mass is 16.2. The molecule has 1 aliphatic heterocycles. The van der Waals surface area contributed by atoms with Crippen molar-refractivity contribution >= 4 is 17.6 Å². The summed E-state index contributed by atoms with van der Waals surface area (Å²) in [6.45, 7) is 2.98. The predicted octanol–water partition coefficient (Wildman–Crippen LogP) is 3.75. The van der Waals surface area contributed by atoms with Crippen molar-refractivity contribution in [2.75, 3.05) is 31.1 Å². The minimum atomic E-state index is -0.129. The first-order valence-electron chi connectivity index (χ1n) is 13.3. The van der Waals surface area contributed by atoms with Crippen LogP contribution in [0, 0.1) is 34.5 Å². The molecule has 0 atom stereocenters. The normalized spacial score (nSPS) is 28.6. The molecule has 36 heavy (non-hydrogen) atoms. The van der Waals surface area contributed by atoms with Crippen LogP contribution in [-0.4, -0.2) is 47.9 Å². The number of hydrogen-bond acceptors (Lipinski definition) is 5. The van der Waals surface area contributed by atoms with Gasteiger partial charge in [-0.1, -0.05) is 12.1 Å². The molecule has 7 heteroatoms. The van der Waals surface area contributed by atoms with Gasteiger partial charge in [0.05, 0.1) is 5.56 Å². The van der Waals surface area contributed by atoms with Crippen molar-refractivity contribution in [3.05, 3.63) is 59.3 Å². The fourth-order valence-corrected chi connectivity index (χ4v) is 7.56. The zero-order valence-corrected chi connectivity index (χ0v) is 20.7. The summed E-state index contributed by atoms with van der Waals surface area (Å²) >= 11 is 0. The van der Waals surface area contributed by atoms with Crippen molar-refractivity contribution < 1.29 is 9.59 Å². The van der Waals surface area contributed by atoms with Crippen LogP contribution in [0.5, 0.6) is 0 Å². The topological polar surface area (TPSA) is 89.3 Å². The Hall–Kier alpha value is -3.40. The number of nitrogens with zero attached hydrogens (tertiary/aromatic N) is 4. The van der Waals surface area contributed by atoms with Crippen molar-refractivity contribution in [2.45, 2.75) is 45.1 Å². The van der Waals surface area contributed by atoms with Crippen molar-refractivity contribution in [3.63, 3.8) is 0 Å². The van der Waals surface area contributed by atoms with Gasteiger partial charge in [0.2, 0.25) is 5.91 Å². The van der Waals surface area contributed by atoms with E-state index < -0.39 is 0 Å². The van der Waals surface area contributed by atoms with Gasteiger partial charge < -0.3 is 15.1 Å². The Balaban J connectivity index is 1.03. The molecule has 2 heterocycles. The van der Waals surface area contributed by atoms with Crippen molar-refractivity contribution in [1.82, 2.24) is 15.2 Å². The molecule has 1 aromatic carbocycles. The van der Waals surface area contributed by atoms with E-state index in [4.69, 9.17) is 0 Å². The van der Waals surface area contributed by atoms with Crippen molar-refractivity contribution in [3.8, 4) is 6.07 Å². The monoisotopic (exact) mass is 483 g/mol. The summed E-state index contributed by atoms with van der Waals surface area (Å²) in [6, 6.07) is 13.4. The van der Waals surface area contributed by atoms with Crippen LogP contribution in [0.25, 0.3) is 0 Å². The van der Waals surface area contributed by atoms with Gasteiger partial charge in [-0.05, 0) is 86.1 Å². The summed E-state index contributed by atoms with van der Waals surface area (Å²) in [5, 5.41) is 12.6. The van der Waals surface area contributed by atoms with E-state index in [0.29, 0.717) is 49.7 Å².